The predicted octanol–water partition coefficient (Wildman–Crippen LogP) is 2.73. The van der Waals surface area contributed by atoms with Crippen molar-refractivity contribution in [3.8, 4) is 0 Å². The fourth-order valence-corrected chi connectivity index (χ4v) is 1.81. The maximum Gasteiger partial charge on any atom is 0.228 e. The van der Waals surface area contributed by atoms with Crippen molar-refractivity contribution in [3.63, 3.8) is 0 Å². The Labute approximate surface area is 103 Å². The minimum atomic E-state index is 0.120. The Hall–Kier alpha value is -0.650. The van der Waals surface area contributed by atoms with Crippen LogP contribution in [0.5, 0.6) is 0 Å². The van der Waals surface area contributed by atoms with Crippen LogP contribution in [-0.4, -0.2) is 10.9 Å². The van der Waals surface area contributed by atoms with Gasteiger partial charge < -0.3 is 5.32 Å². The van der Waals surface area contributed by atoms with Crippen LogP contribution in [0.3, 0.4) is 0 Å². The molecule has 1 aliphatic carbocycles. The summed E-state index contributed by atoms with van der Waals surface area (Å²) < 4.78 is 1.12. The van der Waals surface area contributed by atoms with Gasteiger partial charge in [-0.05, 0) is 54.5 Å². The molecule has 0 aliphatic heterocycles. The molecule has 0 unspecified atom stereocenters. The molecule has 1 aromatic rings. The Kier molecular flexibility index (Phi) is 3.23. The van der Waals surface area contributed by atoms with Gasteiger partial charge in [0.25, 0.3) is 0 Å². The number of anilines is 1. The first-order valence-electron chi connectivity index (χ1n) is 5.11. The molecule has 0 spiro atoms. The van der Waals surface area contributed by atoms with Crippen LogP contribution in [0.4, 0.5) is 5.82 Å². The second-order valence-corrected chi connectivity index (χ2v) is 5.04. The van der Waals surface area contributed by atoms with E-state index >= 15 is 0 Å². The van der Waals surface area contributed by atoms with Crippen LogP contribution in [0.15, 0.2) is 12.1 Å². The van der Waals surface area contributed by atoms with E-state index in [9.17, 15) is 4.79 Å². The second kappa shape index (κ2) is 4.47. The third-order valence-electron chi connectivity index (χ3n) is 2.75. The lowest BCUT2D eigenvalue weighted by Crippen LogP contribution is -2.28. The third-order valence-corrected chi connectivity index (χ3v) is 3.89. The number of pyridine rings is 1. The number of nitrogens with zero attached hydrogens (tertiary/aromatic N) is 1. The summed E-state index contributed by atoms with van der Waals surface area (Å²) in [7, 11) is 0. The highest BCUT2D eigenvalue weighted by molar-refractivity contribution is 14.1. The summed E-state index contributed by atoms with van der Waals surface area (Å²) in [6.45, 7) is 1.95. The van der Waals surface area contributed by atoms with E-state index in [-0.39, 0.29) is 11.8 Å². The van der Waals surface area contributed by atoms with Crippen molar-refractivity contribution in [3.05, 3.63) is 21.4 Å². The standard InChI is InChI=1S/C11H13IN2O/c1-7-9(12)5-6-10(13-7)14-11(15)8-3-2-4-8/h5-6,8H,2-4H2,1H3,(H,13,14,15). The first-order chi connectivity index (χ1) is 7.16. The molecule has 1 heterocycles. The number of carbonyl (C=O) groups excluding carboxylic acids is 1. The summed E-state index contributed by atoms with van der Waals surface area (Å²) in [6, 6.07) is 3.82. The lowest BCUT2D eigenvalue weighted by molar-refractivity contribution is -0.122. The molecule has 1 aliphatic rings. The Morgan fingerprint density at radius 3 is 2.80 bits per heavy atom. The molecule has 15 heavy (non-hydrogen) atoms. The van der Waals surface area contributed by atoms with Gasteiger partial charge in [-0.25, -0.2) is 4.98 Å². The van der Waals surface area contributed by atoms with Crippen LogP contribution < -0.4 is 5.32 Å². The van der Waals surface area contributed by atoms with Crippen LogP contribution in [0.1, 0.15) is 25.0 Å². The fraction of sp³-hybridized carbons (Fsp3) is 0.455. The molecule has 1 aromatic heterocycles. The summed E-state index contributed by atoms with van der Waals surface area (Å²) in [5, 5.41) is 2.86. The van der Waals surface area contributed by atoms with Gasteiger partial charge >= 0.3 is 0 Å². The van der Waals surface area contributed by atoms with E-state index in [0.717, 1.165) is 22.1 Å². The Balaban J connectivity index is 2.03. The molecule has 1 N–H and O–H groups in total. The van der Waals surface area contributed by atoms with Crippen LogP contribution >= 0.6 is 22.6 Å². The van der Waals surface area contributed by atoms with Crippen molar-refractivity contribution in [1.82, 2.24) is 4.98 Å². The molecule has 1 fully saturated rings. The van der Waals surface area contributed by atoms with Crippen molar-refractivity contribution < 1.29 is 4.79 Å². The van der Waals surface area contributed by atoms with Gasteiger partial charge in [-0.1, -0.05) is 6.42 Å². The molecular formula is C11H13IN2O. The summed E-state index contributed by atoms with van der Waals surface area (Å²) in [4.78, 5) is 16.0. The van der Waals surface area contributed by atoms with Crippen LogP contribution in [0.2, 0.25) is 0 Å². The fourth-order valence-electron chi connectivity index (χ4n) is 1.51. The van der Waals surface area contributed by atoms with Gasteiger partial charge in [-0.3, -0.25) is 4.79 Å². The summed E-state index contributed by atoms with van der Waals surface area (Å²) >= 11 is 2.23. The smallest absolute Gasteiger partial charge is 0.228 e. The first-order valence-corrected chi connectivity index (χ1v) is 6.18. The topological polar surface area (TPSA) is 42.0 Å². The van der Waals surface area contributed by atoms with Crippen molar-refractivity contribution in [2.45, 2.75) is 26.2 Å². The molecule has 80 valence electrons. The predicted molar refractivity (Wildman–Crippen MR) is 67.7 cm³/mol. The number of aryl methyl sites for hydroxylation is 1. The number of rotatable bonds is 2. The van der Waals surface area contributed by atoms with Crippen molar-refractivity contribution in [2.75, 3.05) is 5.32 Å². The molecule has 0 aromatic carbocycles. The maximum atomic E-state index is 11.6. The van der Waals surface area contributed by atoms with Crippen LogP contribution in [0.25, 0.3) is 0 Å². The molecule has 0 atom stereocenters. The van der Waals surface area contributed by atoms with Crippen molar-refractivity contribution in [2.24, 2.45) is 5.92 Å². The van der Waals surface area contributed by atoms with Gasteiger partial charge in [0.2, 0.25) is 5.91 Å². The van der Waals surface area contributed by atoms with E-state index in [0.29, 0.717) is 5.82 Å². The number of halogens is 1. The average molecular weight is 316 g/mol. The molecule has 0 radical (unpaired) electrons. The number of carbonyl (C=O) groups is 1. The molecule has 0 saturated heterocycles. The number of amides is 1. The zero-order valence-electron chi connectivity index (χ0n) is 8.59. The van der Waals surface area contributed by atoms with Crippen molar-refractivity contribution >= 4 is 34.3 Å². The Bertz CT molecular complexity index is 388. The first kappa shape index (κ1) is 10.9. The lowest BCUT2D eigenvalue weighted by atomic mass is 9.85. The number of hydrogen-bond donors (Lipinski definition) is 1. The summed E-state index contributed by atoms with van der Waals surface area (Å²) in [5.41, 5.74) is 0.960. The van der Waals surface area contributed by atoms with Crippen LogP contribution in [-0.2, 0) is 4.79 Å². The van der Waals surface area contributed by atoms with Gasteiger partial charge in [0.05, 0.1) is 5.69 Å². The van der Waals surface area contributed by atoms with Gasteiger partial charge in [-0.15, -0.1) is 0 Å². The molecule has 1 saturated carbocycles. The molecule has 3 nitrogen and oxygen atoms in total. The average Bonchev–Trinajstić information content (AvgIpc) is 2.08. The Morgan fingerprint density at radius 1 is 1.53 bits per heavy atom. The second-order valence-electron chi connectivity index (χ2n) is 3.88. The largest absolute Gasteiger partial charge is 0.310 e. The number of nitrogens with one attached hydrogen (secondary N) is 1. The third kappa shape index (κ3) is 2.48. The number of aromatic nitrogens is 1. The highest BCUT2D eigenvalue weighted by Gasteiger charge is 2.25. The van der Waals surface area contributed by atoms with E-state index in [2.05, 4.69) is 32.9 Å². The molecule has 2 rings (SSSR count). The van der Waals surface area contributed by atoms with E-state index in [1.165, 1.54) is 6.42 Å². The quantitative estimate of drug-likeness (QED) is 0.853. The number of hydrogen-bond acceptors (Lipinski definition) is 2. The van der Waals surface area contributed by atoms with E-state index in [1.54, 1.807) is 0 Å². The summed E-state index contributed by atoms with van der Waals surface area (Å²) in [6.07, 6.45) is 3.22. The maximum absolute atomic E-state index is 11.6. The zero-order valence-corrected chi connectivity index (χ0v) is 10.7. The monoisotopic (exact) mass is 316 g/mol. The van der Waals surface area contributed by atoms with Gasteiger partial charge in [0.1, 0.15) is 5.82 Å². The molecule has 0 bridgehead atoms. The van der Waals surface area contributed by atoms with Crippen LogP contribution in [0, 0.1) is 16.4 Å². The highest BCUT2D eigenvalue weighted by Crippen LogP contribution is 2.27. The van der Waals surface area contributed by atoms with Gasteiger partial charge in [0.15, 0.2) is 0 Å². The zero-order chi connectivity index (χ0) is 10.8. The SMILES string of the molecule is Cc1nc(NC(=O)C2CCC2)ccc1I. The van der Waals surface area contributed by atoms with E-state index in [4.69, 9.17) is 0 Å². The van der Waals surface area contributed by atoms with Gasteiger partial charge in [-0.2, -0.15) is 0 Å². The van der Waals surface area contributed by atoms with E-state index < -0.39 is 0 Å². The van der Waals surface area contributed by atoms with E-state index in [1.807, 2.05) is 19.1 Å². The van der Waals surface area contributed by atoms with Crippen molar-refractivity contribution in [1.29, 1.82) is 0 Å². The minimum Gasteiger partial charge on any atom is -0.310 e. The minimum absolute atomic E-state index is 0.120. The molecular weight excluding hydrogens is 303 g/mol. The lowest BCUT2D eigenvalue weighted by Gasteiger charge is -2.23. The molecule has 4 heteroatoms. The van der Waals surface area contributed by atoms with Gasteiger partial charge in [0, 0.05) is 9.49 Å². The summed E-state index contributed by atoms with van der Waals surface area (Å²) in [5.74, 6) is 1.01. The Morgan fingerprint density at radius 2 is 2.27 bits per heavy atom. The normalized spacial score (nSPS) is 15.9. The highest BCUT2D eigenvalue weighted by atomic mass is 127. The molecule has 1 amide bonds.